The monoisotopic (exact) mass is 551 g/mol. The first-order chi connectivity index (χ1) is 19.6. The molecule has 41 heavy (non-hydrogen) atoms. The minimum absolute atomic E-state index is 0.0300. The van der Waals surface area contributed by atoms with Crippen LogP contribution in [0.4, 0.5) is 13.2 Å². The van der Waals surface area contributed by atoms with Gasteiger partial charge in [-0.05, 0) is 109 Å². The third-order valence-corrected chi connectivity index (χ3v) is 7.00. The highest BCUT2D eigenvalue weighted by Gasteiger charge is 2.30. The molecule has 0 aliphatic carbocycles. The summed E-state index contributed by atoms with van der Waals surface area (Å²) < 4.78 is 41.5. The molecular weight excluding hydrogens is 531 g/mol. The van der Waals surface area contributed by atoms with Crippen LogP contribution >= 0.6 is 0 Å². The molecule has 0 saturated carbocycles. The summed E-state index contributed by atoms with van der Waals surface area (Å²) in [6.07, 6.45) is -4.48. The smallest absolute Gasteiger partial charge is 0.416 e. The van der Waals surface area contributed by atoms with E-state index in [0.717, 1.165) is 12.1 Å². The van der Waals surface area contributed by atoms with Gasteiger partial charge in [-0.3, -0.25) is 9.59 Å². The van der Waals surface area contributed by atoms with Crippen molar-refractivity contribution in [3.8, 4) is 17.2 Å². The number of aromatic hydroxyl groups is 2. The van der Waals surface area contributed by atoms with Crippen molar-refractivity contribution in [3.05, 3.63) is 137 Å². The Labute approximate surface area is 231 Å². The van der Waals surface area contributed by atoms with Gasteiger partial charge in [0.1, 0.15) is 11.5 Å². The number of carbonyl (C=O) groups excluding carboxylic acids is 2. The van der Waals surface area contributed by atoms with Crippen molar-refractivity contribution in [2.45, 2.75) is 6.18 Å². The van der Waals surface area contributed by atoms with Crippen LogP contribution in [0, 0.1) is 0 Å². The molecule has 5 aromatic carbocycles. The van der Waals surface area contributed by atoms with Crippen molar-refractivity contribution in [2.75, 3.05) is 0 Å². The second kappa shape index (κ2) is 9.67. The Kier molecular flexibility index (Phi) is 6.11. The van der Waals surface area contributed by atoms with Crippen LogP contribution in [0.1, 0.15) is 37.4 Å². The zero-order valence-corrected chi connectivity index (χ0v) is 21.2. The number of halogens is 3. The number of aromatic nitrogens is 1. The maximum atomic E-state index is 13.3. The van der Waals surface area contributed by atoms with Gasteiger partial charge in [0.15, 0.2) is 11.6 Å². The van der Waals surface area contributed by atoms with E-state index in [1.807, 2.05) is 0 Å². The summed E-state index contributed by atoms with van der Waals surface area (Å²) in [4.78, 5) is 26.5. The van der Waals surface area contributed by atoms with Crippen LogP contribution in [0.2, 0.25) is 0 Å². The summed E-state index contributed by atoms with van der Waals surface area (Å²) in [6, 6.07) is 26.6. The summed E-state index contributed by atoms with van der Waals surface area (Å²) in [5.41, 5.74) is 2.45. The van der Waals surface area contributed by atoms with Crippen molar-refractivity contribution < 1.29 is 33.0 Å². The molecule has 0 spiro atoms. The van der Waals surface area contributed by atoms with E-state index in [1.54, 1.807) is 41.0 Å². The van der Waals surface area contributed by atoms with Crippen LogP contribution in [-0.2, 0) is 6.18 Å². The molecule has 0 radical (unpaired) electrons. The van der Waals surface area contributed by atoms with Gasteiger partial charge < -0.3 is 14.8 Å². The van der Waals surface area contributed by atoms with E-state index in [9.17, 15) is 33.0 Å². The molecule has 0 saturated heterocycles. The van der Waals surface area contributed by atoms with Crippen LogP contribution in [0.3, 0.4) is 0 Å². The number of fused-ring (bicyclic) bond motifs is 3. The van der Waals surface area contributed by atoms with Gasteiger partial charge in [-0.25, -0.2) is 0 Å². The molecule has 0 amide bonds. The molecule has 1 heterocycles. The minimum atomic E-state index is -4.48. The number of nitrogens with zero attached hydrogens (tertiary/aromatic N) is 1. The fourth-order valence-electron chi connectivity index (χ4n) is 4.94. The third kappa shape index (κ3) is 4.69. The molecular formula is C33H20F3NO4. The molecule has 6 rings (SSSR count). The van der Waals surface area contributed by atoms with Crippen LogP contribution in [0.5, 0.6) is 11.5 Å². The minimum Gasteiger partial charge on any atom is -0.508 e. The highest BCUT2D eigenvalue weighted by atomic mass is 19.4. The average molecular weight is 552 g/mol. The van der Waals surface area contributed by atoms with E-state index in [4.69, 9.17) is 0 Å². The first-order valence-corrected chi connectivity index (χ1v) is 12.5. The number of phenols is 2. The first-order valence-electron chi connectivity index (χ1n) is 12.5. The van der Waals surface area contributed by atoms with E-state index >= 15 is 0 Å². The van der Waals surface area contributed by atoms with Gasteiger partial charge in [0.25, 0.3) is 0 Å². The van der Waals surface area contributed by atoms with E-state index in [1.165, 1.54) is 60.7 Å². The Balaban J connectivity index is 1.55. The van der Waals surface area contributed by atoms with Gasteiger partial charge in [-0.1, -0.05) is 0 Å². The molecule has 0 aliphatic rings. The van der Waals surface area contributed by atoms with Crippen LogP contribution in [0.15, 0.2) is 109 Å². The van der Waals surface area contributed by atoms with Crippen LogP contribution in [0.25, 0.3) is 27.5 Å². The summed E-state index contributed by atoms with van der Waals surface area (Å²) in [6.45, 7) is 0. The molecule has 2 N–H and O–H groups in total. The van der Waals surface area contributed by atoms with Crippen molar-refractivity contribution in [3.63, 3.8) is 0 Å². The number of benzene rings is 5. The van der Waals surface area contributed by atoms with Gasteiger partial charge in [0.05, 0.1) is 16.6 Å². The van der Waals surface area contributed by atoms with Crippen molar-refractivity contribution in [2.24, 2.45) is 0 Å². The number of ketones is 2. The molecule has 5 nitrogen and oxygen atoms in total. The predicted molar refractivity (Wildman–Crippen MR) is 149 cm³/mol. The third-order valence-electron chi connectivity index (χ3n) is 7.00. The fraction of sp³-hybridized carbons (Fsp3) is 0.0303. The zero-order valence-electron chi connectivity index (χ0n) is 21.2. The average Bonchev–Trinajstić information content (AvgIpc) is 3.30. The highest BCUT2D eigenvalue weighted by Crippen LogP contribution is 2.36. The Morgan fingerprint density at radius 3 is 1.32 bits per heavy atom. The standard InChI is InChI=1S/C33H20F3NO4/c34-33(35,36)23-7-9-24(10-8-23)37-29-15-5-21(31(40)19-1-11-25(38)12-2-19)17-27(29)28-18-22(6-16-30(28)37)32(41)20-3-13-26(39)14-4-20/h1-18,38-39H. The quantitative estimate of drug-likeness (QED) is 0.216. The van der Waals surface area contributed by atoms with Gasteiger partial charge in [-0.15, -0.1) is 0 Å². The van der Waals surface area contributed by atoms with Crippen LogP contribution in [-0.4, -0.2) is 26.3 Å². The maximum absolute atomic E-state index is 13.3. The number of hydrogen-bond acceptors (Lipinski definition) is 4. The zero-order chi connectivity index (χ0) is 28.9. The molecule has 0 unspecified atom stereocenters. The van der Waals surface area contributed by atoms with E-state index in [0.29, 0.717) is 49.7 Å². The molecule has 0 aliphatic heterocycles. The number of alkyl halides is 3. The summed E-state index contributed by atoms with van der Waals surface area (Å²) >= 11 is 0. The second-order valence-electron chi connectivity index (χ2n) is 9.60. The van der Waals surface area contributed by atoms with E-state index in [2.05, 4.69) is 0 Å². The molecule has 202 valence electrons. The Morgan fingerprint density at radius 2 is 0.927 bits per heavy atom. The lowest BCUT2D eigenvalue weighted by molar-refractivity contribution is -0.137. The van der Waals surface area contributed by atoms with Crippen molar-refractivity contribution in [1.82, 2.24) is 4.57 Å². The van der Waals surface area contributed by atoms with Gasteiger partial charge in [0, 0.05) is 38.7 Å². The molecule has 6 aromatic rings. The normalized spacial score (nSPS) is 11.7. The first kappa shape index (κ1) is 25.9. The largest absolute Gasteiger partial charge is 0.508 e. The Hall–Kier alpha value is -5.37. The lowest BCUT2D eigenvalue weighted by atomic mass is 9.99. The van der Waals surface area contributed by atoms with Crippen LogP contribution < -0.4 is 0 Å². The van der Waals surface area contributed by atoms with E-state index in [-0.39, 0.29) is 23.1 Å². The number of hydrogen-bond donors (Lipinski definition) is 2. The molecule has 1 aromatic heterocycles. The molecule has 0 bridgehead atoms. The van der Waals surface area contributed by atoms with Gasteiger partial charge >= 0.3 is 6.18 Å². The lowest BCUT2D eigenvalue weighted by Gasteiger charge is -2.11. The van der Waals surface area contributed by atoms with Crippen molar-refractivity contribution >= 4 is 33.4 Å². The van der Waals surface area contributed by atoms with Gasteiger partial charge in [-0.2, -0.15) is 13.2 Å². The highest BCUT2D eigenvalue weighted by molar-refractivity contribution is 6.17. The molecule has 0 atom stereocenters. The topological polar surface area (TPSA) is 79.5 Å². The van der Waals surface area contributed by atoms with Crippen molar-refractivity contribution in [1.29, 1.82) is 0 Å². The second-order valence-corrected chi connectivity index (χ2v) is 9.60. The summed E-state index contributed by atoms with van der Waals surface area (Å²) in [5, 5.41) is 20.4. The fourth-order valence-corrected chi connectivity index (χ4v) is 4.94. The number of phenolic OH excluding ortho intramolecular Hbond substituents is 2. The van der Waals surface area contributed by atoms with E-state index < -0.39 is 11.7 Å². The number of rotatable bonds is 5. The Morgan fingerprint density at radius 1 is 0.537 bits per heavy atom. The molecule has 8 heteroatoms. The Bertz CT molecular complexity index is 1840. The maximum Gasteiger partial charge on any atom is 0.416 e. The van der Waals surface area contributed by atoms with Gasteiger partial charge in [0.2, 0.25) is 0 Å². The number of carbonyl (C=O) groups is 2. The summed E-state index contributed by atoms with van der Waals surface area (Å²) in [7, 11) is 0. The lowest BCUT2D eigenvalue weighted by Crippen LogP contribution is -2.05. The SMILES string of the molecule is O=C(c1ccc(O)cc1)c1ccc2c(c1)c1cc(C(=O)c3ccc(O)cc3)ccc1n2-c1ccc(C(F)(F)F)cc1. The molecule has 0 fully saturated rings. The summed E-state index contributed by atoms with van der Waals surface area (Å²) in [5.74, 6) is -0.498. The predicted octanol–water partition coefficient (Wildman–Crippen LogP) is 7.68.